The fourth-order valence-electron chi connectivity index (χ4n) is 2.34. The van der Waals surface area contributed by atoms with E-state index < -0.39 is 0 Å². The van der Waals surface area contributed by atoms with Gasteiger partial charge in [-0.3, -0.25) is 4.98 Å². The van der Waals surface area contributed by atoms with Crippen molar-refractivity contribution in [2.75, 3.05) is 21.3 Å². The van der Waals surface area contributed by atoms with E-state index >= 15 is 0 Å². The highest BCUT2D eigenvalue weighted by molar-refractivity contribution is 5.46. The minimum absolute atomic E-state index is 0.0320. The third-order valence-corrected chi connectivity index (χ3v) is 3.40. The normalized spacial score (nSPS) is 12.0. The van der Waals surface area contributed by atoms with Crippen LogP contribution in [0.25, 0.3) is 0 Å². The maximum absolute atomic E-state index is 5.49. The zero-order chi connectivity index (χ0) is 14.5. The van der Waals surface area contributed by atoms with Crippen molar-refractivity contribution in [1.29, 1.82) is 0 Å². The van der Waals surface area contributed by atoms with Gasteiger partial charge in [-0.2, -0.15) is 0 Å². The predicted octanol–water partition coefficient (Wildman–Crippen LogP) is 2.72. The monoisotopic (exact) mass is 272 g/mol. The average molecular weight is 272 g/mol. The fourth-order valence-corrected chi connectivity index (χ4v) is 2.34. The smallest absolute Gasteiger partial charge is 0.127 e. The summed E-state index contributed by atoms with van der Waals surface area (Å²) in [5, 5.41) is 3.33. The Morgan fingerprint density at radius 3 is 2.50 bits per heavy atom. The molecule has 4 nitrogen and oxygen atoms in total. The molecule has 106 valence electrons. The van der Waals surface area contributed by atoms with Crippen molar-refractivity contribution in [2.45, 2.75) is 13.0 Å². The topological polar surface area (TPSA) is 43.4 Å². The van der Waals surface area contributed by atoms with E-state index in [4.69, 9.17) is 9.47 Å². The second-order valence-corrected chi connectivity index (χ2v) is 4.51. The van der Waals surface area contributed by atoms with Crippen LogP contribution in [0.2, 0.25) is 0 Å². The molecule has 0 fully saturated rings. The van der Waals surface area contributed by atoms with Gasteiger partial charge in [0, 0.05) is 23.5 Å². The molecule has 0 aliphatic carbocycles. The number of aromatic nitrogens is 1. The molecule has 2 rings (SSSR count). The van der Waals surface area contributed by atoms with Crippen LogP contribution in [-0.4, -0.2) is 26.3 Å². The maximum atomic E-state index is 5.49. The van der Waals surface area contributed by atoms with E-state index in [1.807, 2.05) is 38.2 Å². The summed E-state index contributed by atoms with van der Waals surface area (Å²) in [4.78, 5) is 4.36. The second kappa shape index (κ2) is 6.39. The van der Waals surface area contributed by atoms with Crippen molar-refractivity contribution in [3.8, 4) is 11.5 Å². The number of hydrogen-bond donors (Lipinski definition) is 1. The number of hydrogen-bond acceptors (Lipinski definition) is 4. The van der Waals surface area contributed by atoms with Crippen molar-refractivity contribution in [3.05, 3.63) is 53.3 Å². The Labute approximate surface area is 119 Å². The molecule has 1 unspecified atom stereocenters. The summed E-state index contributed by atoms with van der Waals surface area (Å²) < 4.78 is 10.7. The Morgan fingerprint density at radius 2 is 1.90 bits per heavy atom. The van der Waals surface area contributed by atoms with Gasteiger partial charge in [-0.1, -0.05) is 6.07 Å². The molecule has 0 amide bonds. The first-order chi connectivity index (χ1) is 9.71. The van der Waals surface area contributed by atoms with Gasteiger partial charge in [0.25, 0.3) is 0 Å². The molecule has 0 spiro atoms. The lowest BCUT2D eigenvalue weighted by Crippen LogP contribution is -2.19. The predicted molar refractivity (Wildman–Crippen MR) is 79.4 cm³/mol. The first-order valence-electron chi connectivity index (χ1n) is 6.52. The summed E-state index contributed by atoms with van der Waals surface area (Å²) in [6.45, 7) is 2.01. The van der Waals surface area contributed by atoms with Gasteiger partial charge < -0.3 is 14.8 Å². The molecular weight excluding hydrogens is 252 g/mol. The van der Waals surface area contributed by atoms with Crippen LogP contribution < -0.4 is 14.8 Å². The third-order valence-electron chi connectivity index (χ3n) is 3.40. The van der Waals surface area contributed by atoms with Crippen LogP contribution in [0.1, 0.15) is 22.9 Å². The maximum Gasteiger partial charge on any atom is 0.127 e. The number of nitrogens with one attached hydrogen (secondary N) is 1. The zero-order valence-corrected chi connectivity index (χ0v) is 12.3. The quantitative estimate of drug-likeness (QED) is 0.909. The van der Waals surface area contributed by atoms with E-state index in [1.54, 1.807) is 20.4 Å². The first kappa shape index (κ1) is 14.3. The minimum Gasteiger partial charge on any atom is -0.497 e. The minimum atomic E-state index is 0.0320. The number of pyridine rings is 1. The Balaban J connectivity index is 2.49. The zero-order valence-electron chi connectivity index (χ0n) is 12.3. The highest BCUT2D eigenvalue weighted by atomic mass is 16.5. The Kier molecular flexibility index (Phi) is 4.58. The van der Waals surface area contributed by atoms with E-state index in [2.05, 4.69) is 16.4 Å². The molecule has 1 aromatic carbocycles. The van der Waals surface area contributed by atoms with Crippen LogP contribution in [0.15, 0.2) is 36.5 Å². The van der Waals surface area contributed by atoms with Gasteiger partial charge in [0.05, 0.1) is 20.3 Å². The molecule has 1 atom stereocenters. The first-order valence-corrected chi connectivity index (χ1v) is 6.52. The number of ether oxygens (including phenoxy) is 2. The van der Waals surface area contributed by atoms with Gasteiger partial charge in [0.1, 0.15) is 11.5 Å². The lowest BCUT2D eigenvalue weighted by molar-refractivity contribution is 0.388. The molecule has 0 aliphatic rings. The fraction of sp³-hybridized carbons (Fsp3) is 0.312. The molecule has 4 heteroatoms. The van der Waals surface area contributed by atoms with E-state index in [0.717, 1.165) is 28.3 Å². The molecule has 0 bridgehead atoms. The lowest BCUT2D eigenvalue weighted by atomic mass is 9.97. The van der Waals surface area contributed by atoms with E-state index in [0.29, 0.717) is 0 Å². The molecular formula is C16H20N2O2. The largest absolute Gasteiger partial charge is 0.497 e. The summed E-state index contributed by atoms with van der Waals surface area (Å²) in [7, 11) is 5.25. The summed E-state index contributed by atoms with van der Waals surface area (Å²) >= 11 is 0. The molecule has 0 aliphatic heterocycles. The third kappa shape index (κ3) is 2.75. The molecule has 0 radical (unpaired) electrons. The molecule has 1 aromatic heterocycles. The van der Waals surface area contributed by atoms with Crippen molar-refractivity contribution < 1.29 is 9.47 Å². The molecule has 0 saturated carbocycles. The van der Waals surface area contributed by atoms with Gasteiger partial charge in [-0.25, -0.2) is 0 Å². The summed E-state index contributed by atoms with van der Waals surface area (Å²) in [5.74, 6) is 1.58. The highest BCUT2D eigenvalue weighted by Gasteiger charge is 2.19. The highest BCUT2D eigenvalue weighted by Crippen LogP contribution is 2.33. The van der Waals surface area contributed by atoms with Gasteiger partial charge in [0.15, 0.2) is 0 Å². The molecule has 0 saturated heterocycles. The Morgan fingerprint density at radius 1 is 1.10 bits per heavy atom. The summed E-state index contributed by atoms with van der Waals surface area (Å²) in [6.07, 6.45) is 1.80. The van der Waals surface area contributed by atoms with Crippen LogP contribution >= 0.6 is 0 Å². The number of benzene rings is 1. The molecule has 20 heavy (non-hydrogen) atoms. The molecule has 2 aromatic rings. The number of aryl methyl sites for hydroxylation is 1. The summed E-state index contributed by atoms with van der Waals surface area (Å²) in [6, 6.07) is 9.91. The van der Waals surface area contributed by atoms with E-state index in [-0.39, 0.29) is 6.04 Å². The van der Waals surface area contributed by atoms with E-state index in [9.17, 15) is 0 Å². The lowest BCUT2D eigenvalue weighted by Gasteiger charge is -2.21. The number of nitrogens with zero attached hydrogens (tertiary/aromatic N) is 1. The van der Waals surface area contributed by atoms with Crippen molar-refractivity contribution >= 4 is 0 Å². The van der Waals surface area contributed by atoms with E-state index in [1.165, 1.54) is 0 Å². The van der Waals surface area contributed by atoms with Crippen LogP contribution in [0.5, 0.6) is 11.5 Å². The number of methoxy groups -OCH3 is 2. The van der Waals surface area contributed by atoms with Crippen LogP contribution in [0.4, 0.5) is 0 Å². The van der Waals surface area contributed by atoms with Gasteiger partial charge in [0.2, 0.25) is 0 Å². The summed E-state index contributed by atoms with van der Waals surface area (Å²) in [5.41, 5.74) is 3.20. The average Bonchev–Trinajstić information content (AvgIpc) is 2.50. The second-order valence-electron chi connectivity index (χ2n) is 4.51. The van der Waals surface area contributed by atoms with Crippen molar-refractivity contribution in [1.82, 2.24) is 10.3 Å². The standard InChI is InChI=1S/C16H20N2O2/c1-11-13(6-5-9-18-11)16(17-2)14-8-7-12(19-3)10-15(14)20-4/h5-10,16-17H,1-4H3. The van der Waals surface area contributed by atoms with Gasteiger partial charge in [-0.05, 0) is 37.7 Å². The molecule has 1 N–H and O–H groups in total. The van der Waals surface area contributed by atoms with Crippen LogP contribution in [-0.2, 0) is 0 Å². The SMILES string of the molecule is CNC(c1ccc(OC)cc1OC)c1cccnc1C. The molecule has 1 heterocycles. The van der Waals surface area contributed by atoms with Crippen molar-refractivity contribution in [2.24, 2.45) is 0 Å². The van der Waals surface area contributed by atoms with Crippen LogP contribution in [0, 0.1) is 6.92 Å². The Hall–Kier alpha value is -2.07. The van der Waals surface area contributed by atoms with Gasteiger partial charge >= 0.3 is 0 Å². The van der Waals surface area contributed by atoms with Gasteiger partial charge in [-0.15, -0.1) is 0 Å². The number of rotatable bonds is 5. The Bertz CT molecular complexity index is 584. The van der Waals surface area contributed by atoms with Crippen molar-refractivity contribution in [3.63, 3.8) is 0 Å². The van der Waals surface area contributed by atoms with Crippen LogP contribution in [0.3, 0.4) is 0 Å².